The molecule has 5 heterocycles. The third-order valence-corrected chi connectivity index (χ3v) is 6.55. The Morgan fingerprint density at radius 1 is 1.27 bits per heavy atom. The Labute approximate surface area is 210 Å². The Hall–Kier alpha value is -3.61. The third-order valence-electron chi connectivity index (χ3n) is 6.55. The summed E-state index contributed by atoms with van der Waals surface area (Å²) in [6.07, 6.45) is 0.841. The van der Waals surface area contributed by atoms with Gasteiger partial charge in [-0.2, -0.15) is 0 Å². The smallest absolute Gasteiger partial charge is 0.267 e. The SMILES string of the molecule is CC(=O)N1C[C@@H](Nc2ncc3c(-c4ccc5c(n4)CC(NCC(F)F)C(C)=N5)ccn3n2)CC(F)(F)C1. The highest BCUT2D eigenvalue weighted by atomic mass is 19.3. The molecule has 2 N–H and O–H groups in total. The molecule has 13 heteroatoms. The number of hydrogen-bond donors (Lipinski definition) is 2. The minimum atomic E-state index is -3.00. The summed E-state index contributed by atoms with van der Waals surface area (Å²) < 4.78 is 55.2. The Bertz CT molecular complexity index is 1360. The predicted molar refractivity (Wildman–Crippen MR) is 130 cm³/mol. The highest BCUT2D eigenvalue weighted by Gasteiger charge is 2.41. The predicted octanol–water partition coefficient (Wildman–Crippen LogP) is 3.33. The molecule has 0 aromatic carbocycles. The molecule has 0 bridgehead atoms. The fourth-order valence-corrected chi connectivity index (χ4v) is 4.76. The summed E-state index contributed by atoms with van der Waals surface area (Å²) in [5, 5.41) is 10.2. The van der Waals surface area contributed by atoms with E-state index < -0.39 is 43.8 Å². The van der Waals surface area contributed by atoms with E-state index in [-0.39, 0.29) is 18.5 Å². The Kier molecular flexibility index (Phi) is 6.56. The van der Waals surface area contributed by atoms with E-state index >= 15 is 0 Å². The lowest BCUT2D eigenvalue weighted by Crippen LogP contribution is -2.53. The van der Waals surface area contributed by atoms with Crippen molar-refractivity contribution in [3.63, 3.8) is 0 Å². The van der Waals surface area contributed by atoms with Crippen LogP contribution >= 0.6 is 0 Å². The van der Waals surface area contributed by atoms with Gasteiger partial charge in [-0.3, -0.25) is 14.8 Å². The van der Waals surface area contributed by atoms with Crippen molar-refractivity contribution in [1.82, 2.24) is 29.8 Å². The molecule has 2 aliphatic rings. The van der Waals surface area contributed by atoms with Crippen molar-refractivity contribution in [2.24, 2.45) is 4.99 Å². The van der Waals surface area contributed by atoms with Crippen LogP contribution in [0, 0.1) is 0 Å². The highest BCUT2D eigenvalue weighted by molar-refractivity contribution is 5.92. The zero-order valence-corrected chi connectivity index (χ0v) is 20.3. The standard InChI is InChI=1S/C24H26F4N8O/c1-13-19(29-10-22(25)26)7-20-18(31-13)4-3-17(33-20)16-5-6-36-21(16)9-30-23(34-36)32-15-8-24(27,28)12-35(11-15)14(2)37/h3-6,9,15,19,22,29H,7-8,10-12H2,1-2H3,(H,32,34)/t15-,19?/m0/s1. The van der Waals surface area contributed by atoms with E-state index in [4.69, 9.17) is 4.98 Å². The molecule has 3 aromatic rings. The summed E-state index contributed by atoms with van der Waals surface area (Å²) in [6.45, 7) is 2.19. The molecule has 1 amide bonds. The average molecular weight is 519 g/mol. The Morgan fingerprint density at radius 3 is 2.84 bits per heavy atom. The fourth-order valence-electron chi connectivity index (χ4n) is 4.76. The first-order valence-electron chi connectivity index (χ1n) is 11.9. The monoisotopic (exact) mass is 518 g/mol. The second-order valence-electron chi connectivity index (χ2n) is 9.41. The van der Waals surface area contributed by atoms with E-state index in [9.17, 15) is 22.4 Å². The summed E-state index contributed by atoms with van der Waals surface area (Å²) in [5.74, 6) is -3.25. The van der Waals surface area contributed by atoms with Gasteiger partial charge in [0.25, 0.3) is 12.3 Å². The number of nitrogens with zero attached hydrogens (tertiary/aromatic N) is 6. The van der Waals surface area contributed by atoms with Crippen LogP contribution in [-0.2, 0) is 11.2 Å². The Balaban J connectivity index is 1.36. The molecule has 0 spiro atoms. The molecule has 1 unspecified atom stereocenters. The number of pyridine rings is 1. The van der Waals surface area contributed by atoms with Crippen molar-refractivity contribution in [2.75, 3.05) is 25.0 Å². The lowest BCUT2D eigenvalue weighted by molar-refractivity contribution is -0.139. The molecule has 1 saturated heterocycles. The van der Waals surface area contributed by atoms with E-state index in [1.54, 1.807) is 23.8 Å². The maximum atomic E-state index is 14.1. The summed E-state index contributed by atoms with van der Waals surface area (Å²) in [6, 6.07) is 4.47. The van der Waals surface area contributed by atoms with Gasteiger partial charge < -0.3 is 15.5 Å². The van der Waals surface area contributed by atoms with Crippen LogP contribution in [0.3, 0.4) is 0 Å². The van der Waals surface area contributed by atoms with E-state index in [0.29, 0.717) is 29.0 Å². The van der Waals surface area contributed by atoms with Crippen LogP contribution in [-0.4, -0.2) is 80.2 Å². The van der Waals surface area contributed by atoms with Crippen molar-refractivity contribution < 1.29 is 22.4 Å². The first kappa shape index (κ1) is 25.1. The van der Waals surface area contributed by atoms with Gasteiger partial charge in [-0.15, -0.1) is 5.10 Å². The number of anilines is 1. The largest absolute Gasteiger partial charge is 0.348 e. The number of alkyl halides is 4. The minimum absolute atomic E-state index is 0.136. The number of aliphatic imine (C=N–C) groups is 1. The lowest BCUT2D eigenvalue weighted by atomic mass is 10.0. The number of carbonyl (C=O) groups is 1. The molecular weight excluding hydrogens is 492 g/mol. The van der Waals surface area contributed by atoms with Gasteiger partial charge in [-0.1, -0.05) is 0 Å². The normalized spacial score (nSPS) is 21.2. The molecular formula is C24H26F4N8O. The average Bonchev–Trinajstić information content (AvgIpc) is 3.24. The molecule has 9 nitrogen and oxygen atoms in total. The molecule has 0 aliphatic carbocycles. The van der Waals surface area contributed by atoms with Crippen LogP contribution in [0.4, 0.5) is 29.2 Å². The second-order valence-corrected chi connectivity index (χ2v) is 9.41. The molecule has 0 radical (unpaired) electrons. The van der Waals surface area contributed by atoms with Crippen molar-refractivity contribution in [1.29, 1.82) is 0 Å². The van der Waals surface area contributed by atoms with Crippen molar-refractivity contribution >= 4 is 28.8 Å². The van der Waals surface area contributed by atoms with E-state index in [1.807, 2.05) is 18.2 Å². The van der Waals surface area contributed by atoms with Gasteiger partial charge in [0, 0.05) is 43.8 Å². The number of fused-ring (bicyclic) bond motifs is 2. The number of halogens is 4. The van der Waals surface area contributed by atoms with E-state index in [1.165, 1.54) is 6.92 Å². The van der Waals surface area contributed by atoms with Crippen molar-refractivity contribution in [3.8, 4) is 11.3 Å². The molecule has 3 aromatic heterocycles. The summed E-state index contributed by atoms with van der Waals surface area (Å²) in [4.78, 5) is 26.3. The van der Waals surface area contributed by atoms with Gasteiger partial charge >= 0.3 is 0 Å². The number of carbonyl (C=O) groups excluding carboxylic acids is 1. The van der Waals surface area contributed by atoms with Crippen LogP contribution < -0.4 is 10.6 Å². The maximum Gasteiger partial charge on any atom is 0.267 e. The number of nitrogens with one attached hydrogen (secondary N) is 2. The zero-order chi connectivity index (χ0) is 26.3. The van der Waals surface area contributed by atoms with Crippen LogP contribution in [0.1, 0.15) is 26.0 Å². The van der Waals surface area contributed by atoms with E-state index in [2.05, 4.69) is 25.7 Å². The van der Waals surface area contributed by atoms with Crippen molar-refractivity contribution in [3.05, 3.63) is 36.3 Å². The molecule has 1 fully saturated rings. The second kappa shape index (κ2) is 9.69. The molecule has 5 rings (SSSR count). The quantitative estimate of drug-likeness (QED) is 0.486. The zero-order valence-electron chi connectivity index (χ0n) is 20.3. The van der Waals surface area contributed by atoms with Crippen LogP contribution in [0.5, 0.6) is 0 Å². The van der Waals surface area contributed by atoms with Gasteiger partial charge in [-0.05, 0) is 25.1 Å². The summed E-state index contributed by atoms with van der Waals surface area (Å²) in [7, 11) is 0. The molecule has 2 atom stereocenters. The van der Waals surface area contributed by atoms with Gasteiger partial charge in [0.1, 0.15) is 0 Å². The van der Waals surface area contributed by atoms with Crippen LogP contribution in [0.15, 0.2) is 35.6 Å². The fraction of sp³-hybridized carbons (Fsp3) is 0.458. The minimum Gasteiger partial charge on any atom is -0.348 e. The first-order chi connectivity index (χ1) is 17.6. The van der Waals surface area contributed by atoms with Gasteiger partial charge in [-0.25, -0.2) is 27.1 Å². The van der Waals surface area contributed by atoms with Crippen molar-refractivity contribution in [2.45, 2.75) is 51.1 Å². The van der Waals surface area contributed by atoms with Gasteiger partial charge in [0.05, 0.1) is 54.0 Å². The number of likely N-dealkylation sites (tertiary alicyclic amines) is 1. The number of aromatic nitrogens is 4. The third kappa shape index (κ3) is 5.41. The first-order valence-corrected chi connectivity index (χ1v) is 11.9. The molecule has 0 saturated carbocycles. The number of rotatable bonds is 6. The summed E-state index contributed by atoms with van der Waals surface area (Å²) >= 11 is 0. The van der Waals surface area contributed by atoms with Gasteiger partial charge in [0.2, 0.25) is 11.9 Å². The van der Waals surface area contributed by atoms with Gasteiger partial charge in [0.15, 0.2) is 0 Å². The highest BCUT2D eigenvalue weighted by Crippen LogP contribution is 2.31. The maximum absolute atomic E-state index is 14.1. The number of hydrogen-bond acceptors (Lipinski definition) is 7. The van der Waals surface area contributed by atoms with Crippen LogP contribution in [0.25, 0.3) is 16.8 Å². The van der Waals surface area contributed by atoms with Crippen LogP contribution in [0.2, 0.25) is 0 Å². The lowest BCUT2D eigenvalue weighted by Gasteiger charge is -2.37. The molecule has 2 aliphatic heterocycles. The number of amides is 1. The topological polar surface area (TPSA) is 99.8 Å². The molecule has 37 heavy (non-hydrogen) atoms. The molecule has 196 valence electrons. The Morgan fingerprint density at radius 2 is 2.08 bits per heavy atom. The number of piperidine rings is 1. The van der Waals surface area contributed by atoms with E-state index in [0.717, 1.165) is 16.2 Å². The summed E-state index contributed by atoms with van der Waals surface area (Å²) in [5.41, 5.74) is 4.18.